The zero-order valence-corrected chi connectivity index (χ0v) is 34.7. The van der Waals surface area contributed by atoms with Gasteiger partial charge < -0.3 is 24.3 Å². The second-order valence-electron chi connectivity index (χ2n) is 16.7. The van der Waals surface area contributed by atoms with E-state index in [0.29, 0.717) is 0 Å². The van der Waals surface area contributed by atoms with Crippen molar-refractivity contribution in [1.29, 1.82) is 0 Å². The lowest BCUT2D eigenvalue weighted by molar-refractivity contribution is 0.466. The van der Waals surface area contributed by atoms with Gasteiger partial charge in [0.2, 0.25) is 0 Å². The molecule has 0 atom stereocenters. The number of anilines is 5. The number of hydrogen-bond acceptors (Lipinski definition) is 4. The molecule has 0 bridgehead atoms. The second-order valence-corrected chi connectivity index (χ2v) is 16.7. The van der Waals surface area contributed by atoms with E-state index in [1.165, 1.54) is 44.2 Å². The highest BCUT2D eigenvalue weighted by atomic mass is 16.5. The van der Waals surface area contributed by atoms with Crippen LogP contribution in [0.3, 0.4) is 0 Å². The molecule has 60 heavy (non-hydrogen) atoms. The van der Waals surface area contributed by atoms with Crippen LogP contribution < -0.4 is 36.1 Å². The molecule has 0 saturated heterocycles. The van der Waals surface area contributed by atoms with E-state index in [1.807, 2.05) is 0 Å². The Morgan fingerprint density at radius 3 is 1.90 bits per heavy atom. The first-order valence-corrected chi connectivity index (χ1v) is 20.7. The Kier molecular flexibility index (Phi) is 8.21. The minimum absolute atomic E-state index is 0.137. The summed E-state index contributed by atoms with van der Waals surface area (Å²) in [7, 11) is 2.17. The first kappa shape index (κ1) is 35.9. The molecule has 2 aliphatic heterocycles. The number of aromatic nitrogens is 1. The van der Waals surface area contributed by atoms with Crippen LogP contribution in [-0.4, -0.2) is 11.3 Å². The summed E-state index contributed by atoms with van der Waals surface area (Å²) >= 11 is 0. The molecule has 0 radical (unpaired) electrons. The fraction of sp³-hybridized carbons (Fsp3) is 0.111. The average molecular weight is 778 g/mol. The maximum absolute atomic E-state index is 7.44. The van der Waals surface area contributed by atoms with Crippen LogP contribution in [0.2, 0.25) is 0 Å². The normalized spacial score (nSPS) is 12.4. The van der Waals surface area contributed by atoms with Gasteiger partial charge in [0.1, 0.15) is 28.7 Å². The molecule has 11 rings (SSSR count). The Labute approximate surface area is 351 Å². The highest BCUT2D eigenvalue weighted by molar-refractivity contribution is 6.98. The number of aryl methyl sites for hydroxylation is 6. The van der Waals surface area contributed by atoms with E-state index in [9.17, 15) is 0 Å². The van der Waals surface area contributed by atoms with Crippen molar-refractivity contribution in [1.82, 2.24) is 4.57 Å². The van der Waals surface area contributed by atoms with Crippen LogP contribution >= 0.6 is 0 Å². The molecule has 3 heterocycles. The van der Waals surface area contributed by atoms with Crippen molar-refractivity contribution in [3.63, 3.8) is 0 Å². The van der Waals surface area contributed by atoms with Crippen LogP contribution in [0.4, 0.5) is 28.4 Å². The summed E-state index contributed by atoms with van der Waals surface area (Å²) in [6.45, 7) is 10.6. The van der Waals surface area contributed by atoms with Gasteiger partial charge in [-0.25, -0.2) is 0 Å². The summed E-state index contributed by atoms with van der Waals surface area (Å²) in [5.41, 5.74) is 18.9. The standard InChI is InChI=1S/C54H44BN3O2/c1-32-14-20-38(21-15-32)58(39-22-16-33(2)17-23-39)40-29-49-51-50(30-40)60-54-45(55(51)44-28-36(5)19-25-48(44)59-49)31-43-41-12-7-8-13-47(41)57(6)53(43)52(54)56-46-24-18-35(4)27-42(46)37-11-9-10-34(3)26-37/h7-31,56H,1-6H3. The van der Waals surface area contributed by atoms with E-state index >= 15 is 0 Å². The molecule has 0 spiro atoms. The topological polar surface area (TPSA) is 38.7 Å². The summed E-state index contributed by atoms with van der Waals surface area (Å²) in [4.78, 5) is 2.30. The number of fused-ring (bicyclic) bond motifs is 7. The van der Waals surface area contributed by atoms with E-state index in [1.54, 1.807) is 0 Å². The number of ether oxygens (including phenoxy) is 2. The summed E-state index contributed by atoms with van der Waals surface area (Å²) in [5.74, 6) is 3.25. The van der Waals surface area contributed by atoms with Crippen LogP contribution in [0.25, 0.3) is 32.9 Å². The zero-order valence-electron chi connectivity index (χ0n) is 34.7. The Hall–Kier alpha value is -7.18. The molecule has 1 aromatic heterocycles. The second kappa shape index (κ2) is 13.7. The summed E-state index contributed by atoms with van der Waals surface area (Å²) in [5, 5.41) is 6.42. The number of nitrogens with one attached hydrogen (secondary N) is 1. The van der Waals surface area contributed by atoms with Gasteiger partial charge in [0.05, 0.1) is 11.2 Å². The number of hydrogen-bond donors (Lipinski definition) is 1. The predicted molar refractivity (Wildman–Crippen MR) is 252 cm³/mol. The fourth-order valence-electron chi connectivity index (χ4n) is 9.44. The van der Waals surface area contributed by atoms with Crippen LogP contribution in [0, 0.1) is 34.6 Å². The van der Waals surface area contributed by atoms with Crippen molar-refractivity contribution >= 4 is 73.3 Å². The number of nitrogens with zero attached hydrogens (tertiary/aromatic N) is 2. The Morgan fingerprint density at radius 2 is 1.17 bits per heavy atom. The summed E-state index contributed by atoms with van der Waals surface area (Å²) in [6, 6.07) is 54.9. The van der Waals surface area contributed by atoms with Gasteiger partial charge in [-0.3, -0.25) is 0 Å². The molecule has 6 heteroatoms. The third-order valence-corrected chi connectivity index (χ3v) is 12.4. The Morgan fingerprint density at radius 1 is 0.517 bits per heavy atom. The fourth-order valence-corrected chi connectivity index (χ4v) is 9.44. The van der Waals surface area contributed by atoms with Gasteiger partial charge in [-0.05, 0) is 99.6 Å². The molecule has 0 unspecified atom stereocenters. The van der Waals surface area contributed by atoms with Gasteiger partial charge in [0.25, 0.3) is 6.71 Å². The van der Waals surface area contributed by atoms with Gasteiger partial charge in [0.15, 0.2) is 0 Å². The Bertz CT molecular complexity index is 3160. The van der Waals surface area contributed by atoms with Gasteiger partial charge in [-0.1, -0.05) is 119 Å². The SMILES string of the molecule is Cc1ccc(N(c2ccc(C)cc2)c2cc3c4c(c2)Oc2c(cc5c6ccccc6n(C)c5c2Nc2ccc(C)cc2-c2cccc(C)c2)B4c2cc(C)ccc2O3)cc1. The minimum atomic E-state index is -0.137. The molecule has 5 nitrogen and oxygen atoms in total. The zero-order chi connectivity index (χ0) is 40.8. The van der Waals surface area contributed by atoms with Crippen LogP contribution in [0.5, 0.6) is 23.0 Å². The predicted octanol–water partition coefficient (Wildman–Crippen LogP) is 12.5. The van der Waals surface area contributed by atoms with Gasteiger partial charge in [0, 0.05) is 63.6 Å². The number of rotatable bonds is 6. The average Bonchev–Trinajstić information content (AvgIpc) is 3.53. The van der Waals surface area contributed by atoms with Gasteiger partial charge >= 0.3 is 0 Å². The molecule has 0 saturated carbocycles. The lowest BCUT2D eigenvalue weighted by atomic mass is 9.34. The van der Waals surface area contributed by atoms with Crippen molar-refractivity contribution in [2.45, 2.75) is 34.6 Å². The Balaban J connectivity index is 1.19. The highest BCUT2D eigenvalue weighted by Gasteiger charge is 2.43. The van der Waals surface area contributed by atoms with E-state index in [-0.39, 0.29) is 6.71 Å². The van der Waals surface area contributed by atoms with Crippen molar-refractivity contribution in [3.8, 4) is 34.1 Å². The summed E-state index contributed by atoms with van der Waals surface area (Å²) < 4.78 is 16.7. The largest absolute Gasteiger partial charge is 0.458 e. The van der Waals surface area contributed by atoms with E-state index in [0.717, 1.165) is 84.4 Å². The highest BCUT2D eigenvalue weighted by Crippen LogP contribution is 2.48. The van der Waals surface area contributed by atoms with Crippen molar-refractivity contribution < 1.29 is 9.47 Å². The van der Waals surface area contributed by atoms with E-state index in [4.69, 9.17) is 9.47 Å². The first-order chi connectivity index (χ1) is 29.2. The summed E-state index contributed by atoms with van der Waals surface area (Å²) in [6.07, 6.45) is 0. The maximum Gasteiger partial charge on any atom is 0.260 e. The van der Waals surface area contributed by atoms with Crippen molar-refractivity contribution in [2.24, 2.45) is 7.05 Å². The van der Waals surface area contributed by atoms with Gasteiger partial charge in [-0.2, -0.15) is 0 Å². The van der Waals surface area contributed by atoms with Crippen molar-refractivity contribution in [2.75, 3.05) is 10.2 Å². The molecule has 0 amide bonds. The van der Waals surface area contributed by atoms with Gasteiger partial charge in [-0.15, -0.1) is 0 Å². The molecule has 0 fully saturated rings. The molecular weight excluding hydrogens is 733 g/mol. The first-order valence-electron chi connectivity index (χ1n) is 20.7. The number of benzene rings is 8. The van der Waals surface area contributed by atoms with E-state index in [2.05, 4.69) is 208 Å². The molecule has 8 aromatic carbocycles. The lowest BCUT2D eigenvalue weighted by Crippen LogP contribution is -2.57. The quantitative estimate of drug-likeness (QED) is 0.171. The molecule has 1 N–H and O–H groups in total. The third kappa shape index (κ3) is 5.77. The van der Waals surface area contributed by atoms with Crippen molar-refractivity contribution in [3.05, 3.63) is 179 Å². The minimum Gasteiger partial charge on any atom is -0.458 e. The smallest absolute Gasteiger partial charge is 0.260 e. The molecular formula is C54H44BN3O2. The van der Waals surface area contributed by atoms with Crippen LogP contribution in [0.15, 0.2) is 152 Å². The third-order valence-electron chi connectivity index (χ3n) is 12.4. The van der Waals surface area contributed by atoms with E-state index < -0.39 is 0 Å². The van der Waals surface area contributed by atoms with Crippen LogP contribution in [-0.2, 0) is 7.05 Å². The molecule has 290 valence electrons. The van der Waals surface area contributed by atoms with Crippen LogP contribution in [0.1, 0.15) is 27.8 Å². The maximum atomic E-state index is 7.44. The molecule has 0 aliphatic carbocycles. The number of para-hydroxylation sites is 1. The molecule has 9 aromatic rings. The molecule has 2 aliphatic rings. The monoisotopic (exact) mass is 777 g/mol. The lowest BCUT2D eigenvalue weighted by Gasteiger charge is -2.36.